The molecule has 20 heavy (non-hydrogen) atoms. The zero-order chi connectivity index (χ0) is 15.1. The molecule has 5 nitrogen and oxygen atoms in total. The van der Waals surface area contributed by atoms with Crippen molar-refractivity contribution in [2.75, 3.05) is 6.54 Å². The Kier molecular flexibility index (Phi) is 5.89. The van der Waals surface area contributed by atoms with Gasteiger partial charge >= 0.3 is 12.0 Å². The average molecular weight is 286 g/mol. The number of halogens is 2. The summed E-state index contributed by atoms with van der Waals surface area (Å²) in [6.45, 7) is 1.77. The number of carbonyl (C=O) groups is 2. The largest absolute Gasteiger partial charge is 0.481 e. The van der Waals surface area contributed by atoms with Crippen molar-refractivity contribution in [1.82, 2.24) is 10.6 Å². The Morgan fingerprint density at radius 2 is 2.05 bits per heavy atom. The maximum atomic E-state index is 13.5. The first-order valence-corrected chi connectivity index (χ1v) is 6.11. The van der Waals surface area contributed by atoms with E-state index in [1.54, 1.807) is 6.92 Å². The van der Waals surface area contributed by atoms with Crippen molar-refractivity contribution in [1.29, 1.82) is 0 Å². The number of hydrogen-bond donors (Lipinski definition) is 3. The Morgan fingerprint density at radius 1 is 1.35 bits per heavy atom. The van der Waals surface area contributed by atoms with Crippen LogP contribution in [0.4, 0.5) is 13.6 Å². The second kappa shape index (κ2) is 7.42. The highest BCUT2D eigenvalue weighted by atomic mass is 19.1. The summed E-state index contributed by atoms with van der Waals surface area (Å²) in [7, 11) is 0. The molecule has 0 aliphatic carbocycles. The molecular weight excluding hydrogens is 270 g/mol. The van der Waals surface area contributed by atoms with Crippen LogP contribution in [-0.2, 0) is 4.79 Å². The first-order chi connectivity index (χ1) is 9.40. The fraction of sp³-hybridized carbons (Fsp3) is 0.385. The molecule has 0 heterocycles. The number of nitrogens with one attached hydrogen (secondary N) is 2. The second-order valence-corrected chi connectivity index (χ2v) is 4.29. The normalized spacial score (nSPS) is 11.8. The predicted molar refractivity (Wildman–Crippen MR) is 68.2 cm³/mol. The maximum absolute atomic E-state index is 13.5. The minimum absolute atomic E-state index is 0.0393. The average Bonchev–Trinajstić information content (AvgIpc) is 2.34. The molecular formula is C13H16F2N2O3. The fourth-order valence-corrected chi connectivity index (χ4v) is 1.62. The van der Waals surface area contributed by atoms with Crippen molar-refractivity contribution in [3.05, 3.63) is 35.4 Å². The molecule has 0 bridgehead atoms. The van der Waals surface area contributed by atoms with Gasteiger partial charge in [-0.1, -0.05) is 6.07 Å². The highest BCUT2D eigenvalue weighted by Gasteiger charge is 2.13. The van der Waals surface area contributed by atoms with Crippen molar-refractivity contribution in [3.8, 4) is 0 Å². The van der Waals surface area contributed by atoms with E-state index in [2.05, 4.69) is 10.6 Å². The van der Waals surface area contributed by atoms with Gasteiger partial charge in [-0.2, -0.15) is 0 Å². The quantitative estimate of drug-likeness (QED) is 0.701. The second-order valence-electron chi connectivity index (χ2n) is 4.29. The minimum Gasteiger partial charge on any atom is -0.481 e. The highest BCUT2D eigenvalue weighted by molar-refractivity contribution is 5.74. The lowest BCUT2D eigenvalue weighted by molar-refractivity contribution is -0.137. The summed E-state index contributed by atoms with van der Waals surface area (Å²) in [4.78, 5) is 21.8. The molecule has 0 fully saturated rings. The lowest BCUT2D eigenvalue weighted by Gasteiger charge is -2.15. The van der Waals surface area contributed by atoms with Crippen LogP contribution in [0, 0.1) is 11.6 Å². The Balaban J connectivity index is 2.43. The molecule has 0 aliphatic rings. The fourth-order valence-electron chi connectivity index (χ4n) is 1.62. The lowest BCUT2D eigenvalue weighted by Crippen LogP contribution is -2.37. The number of rotatable bonds is 6. The van der Waals surface area contributed by atoms with E-state index in [0.29, 0.717) is 6.42 Å². The molecule has 1 unspecified atom stereocenters. The number of urea groups is 1. The standard InChI is InChI=1S/C13H16F2N2O3/c1-8(10-5-4-9(14)7-11(10)15)17-13(20)16-6-2-3-12(18)19/h4-5,7-8H,2-3,6H2,1H3,(H,18,19)(H2,16,17,20). The van der Waals surface area contributed by atoms with Gasteiger partial charge in [0, 0.05) is 24.6 Å². The third kappa shape index (κ3) is 5.21. The molecule has 3 N–H and O–H groups in total. The van der Waals surface area contributed by atoms with Gasteiger partial charge in [-0.05, 0) is 19.4 Å². The van der Waals surface area contributed by atoms with E-state index >= 15 is 0 Å². The van der Waals surface area contributed by atoms with Crippen LogP contribution >= 0.6 is 0 Å². The smallest absolute Gasteiger partial charge is 0.315 e. The molecule has 0 saturated carbocycles. The van der Waals surface area contributed by atoms with Gasteiger partial charge in [-0.25, -0.2) is 13.6 Å². The molecule has 0 spiro atoms. The maximum Gasteiger partial charge on any atom is 0.315 e. The molecule has 1 aromatic carbocycles. The SMILES string of the molecule is CC(NC(=O)NCCCC(=O)O)c1ccc(F)cc1F. The van der Waals surface area contributed by atoms with Gasteiger partial charge < -0.3 is 15.7 Å². The van der Waals surface area contributed by atoms with Crippen LogP contribution < -0.4 is 10.6 Å². The number of carbonyl (C=O) groups excluding carboxylic acids is 1. The van der Waals surface area contributed by atoms with Gasteiger partial charge in [0.25, 0.3) is 0 Å². The van der Waals surface area contributed by atoms with Gasteiger partial charge in [-0.3, -0.25) is 4.79 Å². The zero-order valence-electron chi connectivity index (χ0n) is 11.0. The number of carboxylic acid groups (broad SMARTS) is 1. The van der Waals surface area contributed by atoms with Crippen molar-refractivity contribution in [3.63, 3.8) is 0 Å². The van der Waals surface area contributed by atoms with Crippen LogP contribution in [0.2, 0.25) is 0 Å². The van der Waals surface area contributed by atoms with E-state index in [1.165, 1.54) is 6.07 Å². The summed E-state index contributed by atoms with van der Waals surface area (Å²) in [5, 5.41) is 13.4. The van der Waals surface area contributed by atoms with Crippen LogP contribution in [0.3, 0.4) is 0 Å². The number of benzene rings is 1. The van der Waals surface area contributed by atoms with Crippen LogP contribution in [0.25, 0.3) is 0 Å². The van der Waals surface area contributed by atoms with Crippen LogP contribution in [0.1, 0.15) is 31.4 Å². The monoisotopic (exact) mass is 286 g/mol. The summed E-state index contributed by atoms with van der Waals surface area (Å²) >= 11 is 0. The summed E-state index contributed by atoms with van der Waals surface area (Å²) in [5.74, 6) is -2.35. The first kappa shape index (κ1) is 15.9. The van der Waals surface area contributed by atoms with E-state index in [0.717, 1.165) is 12.1 Å². The first-order valence-electron chi connectivity index (χ1n) is 6.11. The summed E-state index contributed by atoms with van der Waals surface area (Å²) < 4.78 is 26.2. The number of hydrogen-bond acceptors (Lipinski definition) is 2. The van der Waals surface area contributed by atoms with E-state index in [1.807, 2.05) is 0 Å². The van der Waals surface area contributed by atoms with E-state index in [4.69, 9.17) is 5.11 Å². The van der Waals surface area contributed by atoms with E-state index < -0.39 is 29.7 Å². The summed E-state index contributed by atoms with van der Waals surface area (Å²) in [6.07, 6.45) is 0.268. The van der Waals surface area contributed by atoms with Crippen molar-refractivity contribution in [2.45, 2.75) is 25.8 Å². The van der Waals surface area contributed by atoms with Crippen molar-refractivity contribution < 1.29 is 23.5 Å². The molecule has 2 amide bonds. The molecule has 1 atom stereocenters. The highest BCUT2D eigenvalue weighted by Crippen LogP contribution is 2.17. The van der Waals surface area contributed by atoms with E-state index in [9.17, 15) is 18.4 Å². The lowest BCUT2D eigenvalue weighted by atomic mass is 10.1. The number of carboxylic acids is 1. The van der Waals surface area contributed by atoms with Gasteiger partial charge in [0.1, 0.15) is 11.6 Å². The zero-order valence-corrected chi connectivity index (χ0v) is 11.0. The number of aliphatic carboxylic acids is 1. The molecule has 1 aromatic rings. The van der Waals surface area contributed by atoms with Gasteiger partial charge in [0.15, 0.2) is 0 Å². The summed E-state index contributed by atoms with van der Waals surface area (Å²) in [6, 6.07) is 1.96. The van der Waals surface area contributed by atoms with Crippen molar-refractivity contribution in [2.24, 2.45) is 0 Å². The molecule has 1 rings (SSSR count). The molecule has 0 saturated heterocycles. The third-order valence-corrected chi connectivity index (χ3v) is 2.63. The predicted octanol–water partition coefficient (Wildman–Crippen LogP) is 2.19. The molecule has 7 heteroatoms. The Labute approximate surface area is 115 Å². The molecule has 0 aromatic heterocycles. The molecule has 110 valence electrons. The van der Waals surface area contributed by atoms with Crippen molar-refractivity contribution >= 4 is 12.0 Å². The Morgan fingerprint density at radius 3 is 2.65 bits per heavy atom. The number of amides is 2. The third-order valence-electron chi connectivity index (χ3n) is 2.63. The van der Waals surface area contributed by atoms with Gasteiger partial charge in [-0.15, -0.1) is 0 Å². The van der Waals surface area contributed by atoms with Crippen LogP contribution in [-0.4, -0.2) is 23.7 Å². The Bertz CT molecular complexity index is 495. The van der Waals surface area contributed by atoms with Crippen LogP contribution in [0.15, 0.2) is 18.2 Å². The van der Waals surface area contributed by atoms with E-state index in [-0.39, 0.29) is 18.5 Å². The van der Waals surface area contributed by atoms with Gasteiger partial charge in [0.2, 0.25) is 0 Å². The molecule has 0 radical (unpaired) electrons. The Hall–Kier alpha value is -2.18. The minimum atomic E-state index is -0.936. The van der Waals surface area contributed by atoms with Crippen LogP contribution in [0.5, 0.6) is 0 Å². The molecule has 0 aliphatic heterocycles. The topological polar surface area (TPSA) is 78.4 Å². The summed E-state index contributed by atoms with van der Waals surface area (Å²) in [5.41, 5.74) is 0.173. The van der Waals surface area contributed by atoms with Gasteiger partial charge in [0.05, 0.1) is 6.04 Å².